The minimum Gasteiger partial charge on any atom is -0.392 e. The normalized spacial score (nSPS) is 21.6. The van der Waals surface area contributed by atoms with E-state index in [9.17, 15) is 17.9 Å². The van der Waals surface area contributed by atoms with Crippen LogP contribution in [0.25, 0.3) is 0 Å². The molecule has 1 unspecified atom stereocenters. The molecule has 0 bridgehead atoms. The SMILES string of the molecule is O=S(=O)(c1ccc(Cl)c(F)c1Cl)N1CCCC(O)C1. The Morgan fingerprint density at radius 2 is 2.05 bits per heavy atom. The van der Waals surface area contributed by atoms with Gasteiger partial charge in [-0.2, -0.15) is 4.31 Å². The molecule has 1 N–H and O–H groups in total. The zero-order chi connectivity index (χ0) is 14.2. The molecule has 1 aromatic rings. The maximum absolute atomic E-state index is 13.6. The molecule has 1 heterocycles. The van der Waals surface area contributed by atoms with Crippen LogP contribution in [0, 0.1) is 5.82 Å². The van der Waals surface area contributed by atoms with E-state index in [-0.39, 0.29) is 23.0 Å². The minimum atomic E-state index is -3.92. The predicted octanol–water partition coefficient (Wildman–Crippen LogP) is 2.28. The highest BCUT2D eigenvalue weighted by Crippen LogP contribution is 2.32. The third-order valence-corrected chi connectivity index (χ3v) is 5.66. The highest BCUT2D eigenvalue weighted by molar-refractivity contribution is 7.89. The van der Waals surface area contributed by atoms with Gasteiger partial charge in [-0.05, 0) is 25.0 Å². The zero-order valence-electron chi connectivity index (χ0n) is 9.81. The number of nitrogens with zero attached hydrogens (tertiary/aromatic N) is 1. The van der Waals surface area contributed by atoms with Gasteiger partial charge in [0.05, 0.1) is 16.1 Å². The first-order valence-electron chi connectivity index (χ1n) is 5.65. The number of piperidine rings is 1. The number of halogens is 3. The lowest BCUT2D eigenvalue weighted by molar-refractivity contribution is 0.108. The average molecular weight is 328 g/mol. The molecule has 1 aliphatic heterocycles. The first-order valence-corrected chi connectivity index (χ1v) is 7.85. The van der Waals surface area contributed by atoms with E-state index in [1.54, 1.807) is 0 Å². The Balaban J connectivity index is 2.42. The van der Waals surface area contributed by atoms with E-state index in [4.69, 9.17) is 23.2 Å². The second kappa shape index (κ2) is 5.54. The van der Waals surface area contributed by atoms with Crippen molar-refractivity contribution in [3.05, 3.63) is 28.0 Å². The van der Waals surface area contributed by atoms with Crippen LogP contribution in [0.15, 0.2) is 17.0 Å². The van der Waals surface area contributed by atoms with Crippen LogP contribution >= 0.6 is 23.2 Å². The first kappa shape index (κ1) is 15.0. The third kappa shape index (κ3) is 2.87. The summed E-state index contributed by atoms with van der Waals surface area (Å²) in [4.78, 5) is -0.329. The summed E-state index contributed by atoms with van der Waals surface area (Å²) in [7, 11) is -3.92. The van der Waals surface area contributed by atoms with Gasteiger partial charge >= 0.3 is 0 Å². The van der Waals surface area contributed by atoms with Crippen molar-refractivity contribution in [3.63, 3.8) is 0 Å². The van der Waals surface area contributed by atoms with Gasteiger partial charge in [0, 0.05) is 13.1 Å². The van der Waals surface area contributed by atoms with Crippen LogP contribution in [0.3, 0.4) is 0 Å². The molecular weight excluding hydrogens is 316 g/mol. The Morgan fingerprint density at radius 1 is 1.37 bits per heavy atom. The van der Waals surface area contributed by atoms with Crippen LogP contribution in [0.1, 0.15) is 12.8 Å². The first-order chi connectivity index (χ1) is 8.84. The van der Waals surface area contributed by atoms with E-state index in [0.717, 1.165) is 10.4 Å². The van der Waals surface area contributed by atoms with Gasteiger partial charge in [0.15, 0.2) is 5.82 Å². The Kier molecular flexibility index (Phi) is 4.37. The topological polar surface area (TPSA) is 57.6 Å². The molecule has 1 fully saturated rings. The third-order valence-electron chi connectivity index (χ3n) is 2.98. The minimum absolute atomic E-state index is 0.0110. The smallest absolute Gasteiger partial charge is 0.244 e. The summed E-state index contributed by atoms with van der Waals surface area (Å²) in [6.07, 6.45) is 0.391. The van der Waals surface area contributed by atoms with Crippen molar-refractivity contribution in [1.29, 1.82) is 0 Å². The number of rotatable bonds is 2. The zero-order valence-corrected chi connectivity index (χ0v) is 12.1. The fourth-order valence-electron chi connectivity index (χ4n) is 1.99. The Morgan fingerprint density at radius 3 is 2.68 bits per heavy atom. The maximum Gasteiger partial charge on any atom is 0.244 e. The lowest BCUT2D eigenvalue weighted by Gasteiger charge is -2.29. The molecule has 2 rings (SSSR count). The molecule has 0 aromatic heterocycles. The van der Waals surface area contributed by atoms with Gasteiger partial charge in [0.2, 0.25) is 10.0 Å². The van der Waals surface area contributed by atoms with Crippen LogP contribution < -0.4 is 0 Å². The van der Waals surface area contributed by atoms with Gasteiger partial charge in [-0.1, -0.05) is 23.2 Å². The Labute approximate surface area is 120 Å². The predicted molar refractivity (Wildman–Crippen MR) is 70.4 cm³/mol. The monoisotopic (exact) mass is 327 g/mol. The fraction of sp³-hybridized carbons (Fsp3) is 0.455. The highest BCUT2D eigenvalue weighted by Gasteiger charge is 2.32. The number of hydrogen-bond donors (Lipinski definition) is 1. The summed E-state index contributed by atoms with van der Waals surface area (Å²) >= 11 is 11.2. The number of benzene rings is 1. The van der Waals surface area contributed by atoms with Crippen molar-refractivity contribution >= 4 is 33.2 Å². The van der Waals surface area contributed by atoms with E-state index in [2.05, 4.69) is 0 Å². The van der Waals surface area contributed by atoms with Gasteiger partial charge in [0.25, 0.3) is 0 Å². The van der Waals surface area contributed by atoms with E-state index in [1.807, 2.05) is 0 Å². The van der Waals surface area contributed by atoms with E-state index in [1.165, 1.54) is 6.07 Å². The Bertz CT molecular complexity index is 594. The average Bonchev–Trinajstić information content (AvgIpc) is 2.36. The van der Waals surface area contributed by atoms with Crippen molar-refractivity contribution in [2.24, 2.45) is 0 Å². The van der Waals surface area contributed by atoms with Crippen LogP contribution in [-0.2, 0) is 10.0 Å². The van der Waals surface area contributed by atoms with E-state index >= 15 is 0 Å². The van der Waals surface area contributed by atoms with Crippen molar-refractivity contribution in [2.45, 2.75) is 23.8 Å². The molecule has 0 amide bonds. The molecule has 1 saturated heterocycles. The van der Waals surface area contributed by atoms with Crippen LogP contribution in [-0.4, -0.2) is 37.0 Å². The van der Waals surface area contributed by atoms with Crippen molar-refractivity contribution in [2.75, 3.05) is 13.1 Å². The number of β-amino-alcohol motifs (C(OH)–C–C–N with tert-alkyl or cyclic N) is 1. The second-order valence-electron chi connectivity index (χ2n) is 4.33. The quantitative estimate of drug-likeness (QED) is 0.848. The van der Waals surface area contributed by atoms with Crippen LogP contribution in [0.5, 0.6) is 0 Å². The lowest BCUT2D eigenvalue weighted by Crippen LogP contribution is -2.42. The molecule has 19 heavy (non-hydrogen) atoms. The van der Waals surface area contributed by atoms with Gasteiger partial charge < -0.3 is 5.11 Å². The number of hydrogen-bond acceptors (Lipinski definition) is 3. The van der Waals surface area contributed by atoms with Crippen LogP contribution in [0.4, 0.5) is 4.39 Å². The summed E-state index contributed by atoms with van der Waals surface area (Å²) in [6.45, 7) is 0.267. The molecule has 1 atom stereocenters. The second-order valence-corrected chi connectivity index (χ2v) is 7.02. The fourth-order valence-corrected chi connectivity index (χ4v) is 4.22. The summed E-state index contributed by atoms with van der Waals surface area (Å²) in [5, 5.41) is 8.77. The number of sulfonamides is 1. The molecule has 0 radical (unpaired) electrons. The molecule has 8 heteroatoms. The molecule has 1 aromatic carbocycles. The Hall–Kier alpha value is -0.400. The van der Waals surface area contributed by atoms with Gasteiger partial charge in [-0.25, -0.2) is 12.8 Å². The highest BCUT2D eigenvalue weighted by atomic mass is 35.5. The summed E-state index contributed by atoms with van der Waals surface area (Å²) < 4.78 is 39.4. The van der Waals surface area contributed by atoms with Gasteiger partial charge in [-0.15, -0.1) is 0 Å². The molecule has 0 saturated carbocycles. The number of aliphatic hydroxyl groups excluding tert-OH is 1. The molecule has 0 aliphatic carbocycles. The molecule has 0 spiro atoms. The van der Waals surface area contributed by atoms with Crippen molar-refractivity contribution in [3.8, 4) is 0 Å². The largest absolute Gasteiger partial charge is 0.392 e. The van der Waals surface area contributed by atoms with Crippen molar-refractivity contribution < 1.29 is 17.9 Å². The van der Waals surface area contributed by atoms with E-state index < -0.39 is 27.0 Å². The number of aliphatic hydroxyl groups is 1. The summed E-state index contributed by atoms with van der Waals surface area (Å²) in [5.74, 6) is -0.957. The van der Waals surface area contributed by atoms with Gasteiger partial charge in [-0.3, -0.25) is 0 Å². The lowest BCUT2D eigenvalue weighted by atomic mass is 10.1. The van der Waals surface area contributed by atoms with Crippen molar-refractivity contribution in [1.82, 2.24) is 4.31 Å². The summed E-state index contributed by atoms with van der Waals surface area (Å²) in [5.41, 5.74) is 0. The molecular formula is C11H12Cl2FNO3S. The van der Waals surface area contributed by atoms with Gasteiger partial charge in [0.1, 0.15) is 4.90 Å². The molecule has 1 aliphatic rings. The molecule has 106 valence electrons. The maximum atomic E-state index is 13.6. The van der Waals surface area contributed by atoms with Crippen LogP contribution in [0.2, 0.25) is 10.0 Å². The molecule has 4 nitrogen and oxygen atoms in total. The summed E-state index contributed by atoms with van der Waals surface area (Å²) in [6, 6.07) is 2.32. The van der Waals surface area contributed by atoms with E-state index in [0.29, 0.717) is 12.8 Å². The standard InChI is InChI=1S/C11H12Cl2FNO3S/c12-8-3-4-9(10(13)11(8)14)19(17,18)15-5-1-2-7(16)6-15/h3-4,7,16H,1-2,5-6H2.